The predicted molar refractivity (Wildman–Crippen MR) is 55.4 cm³/mol. The fourth-order valence-corrected chi connectivity index (χ4v) is 1.76. The lowest BCUT2D eigenvalue weighted by molar-refractivity contribution is 0.333. The molecule has 0 aliphatic rings. The third-order valence-corrected chi connectivity index (χ3v) is 2.77. The first kappa shape index (κ1) is 10.5. The van der Waals surface area contributed by atoms with Gasteiger partial charge in [0.15, 0.2) is 0 Å². The maximum Gasteiger partial charge on any atom is 0.273 e. The zero-order valence-corrected chi connectivity index (χ0v) is 9.36. The van der Waals surface area contributed by atoms with E-state index >= 15 is 0 Å². The normalized spacial score (nSPS) is 11.7. The molecule has 0 unspecified atom stereocenters. The zero-order chi connectivity index (χ0) is 9.90. The summed E-state index contributed by atoms with van der Waals surface area (Å²) in [5.74, 6) is 0. The van der Waals surface area contributed by atoms with Crippen LogP contribution >= 0.6 is 11.3 Å². The molecule has 0 radical (unpaired) electrons. The van der Waals surface area contributed by atoms with Gasteiger partial charge in [0.05, 0.1) is 17.8 Å². The van der Waals surface area contributed by atoms with Crippen LogP contribution in [0.5, 0.6) is 5.19 Å². The molecule has 0 aliphatic heterocycles. The number of nitrogens with one attached hydrogen (secondary N) is 1. The third kappa shape index (κ3) is 2.42. The second-order valence-electron chi connectivity index (χ2n) is 3.31. The molecule has 0 aliphatic carbocycles. The lowest BCUT2D eigenvalue weighted by Gasteiger charge is -2.20. The highest BCUT2D eigenvalue weighted by atomic mass is 32.1. The molecule has 74 valence electrons. The highest BCUT2D eigenvalue weighted by Crippen LogP contribution is 2.25. The Bertz CT molecular complexity index is 270. The second kappa shape index (κ2) is 4.07. The highest BCUT2D eigenvalue weighted by molar-refractivity contribution is 7.11. The maximum absolute atomic E-state index is 5.31. The van der Waals surface area contributed by atoms with Crippen LogP contribution in [-0.2, 0) is 5.54 Å². The maximum atomic E-state index is 5.31. The van der Waals surface area contributed by atoms with Gasteiger partial charge >= 0.3 is 0 Å². The van der Waals surface area contributed by atoms with Gasteiger partial charge in [0.1, 0.15) is 0 Å². The van der Waals surface area contributed by atoms with E-state index in [1.165, 1.54) is 0 Å². The molecule has 0 spiro atoms. The molecule has 0 fully saturated rings. The predicted octanol–water partition coefficient (Wildman–Crippen LogP) is 2.00. The van der Waals surface area contributed by atoms with Crippen molar-refractivity contribution >= 4 is 11.3 Å². The van der Waals surface area contributed by atoms with E-state index in [0.29, 0.717) is 6.61 Å². The van der Waals surface area contributed by atoms with Gasteiger partial charge in [-0.3, -0.25) is 0 Å². The van der Waals surface area contributed by atoms with Crippen LogP contribution in [0, 0.1) is 0 Å². The first-order valence-corrected chi connectivity index (χ1v) is 5.26. The topological polar surface area (TPSA) is 34.1 Å². The average molecular weight is 200 g/mol. The Morgan fingerprint density at radius 3 is 2.85 bits per heavy atom. The van der Waals surface area contributed by atoms with Crippen molar-refractivity contribution in [3.8, 4) is 5.19 Å². The van der Waals surface area contributed by atoms with Gasteiger partial charge in [0, 0.05) is 5.38 Å². The molecule has 0 saturated heterocycles. The SMILES string of the molecule is CCOc1nc(C(C)(C)NC)cs1. The number of hydrogen-bond donors (Lipinski definition) is 1. The molecule has 1 heterocycles. The minimum Gasteiger partial charge on any atom is -0.470 e. The Labute approximate surface area is 83.1 Å². The van der Waals surface area contributed by atoms with E-state index in [-0.39, 0.29) is 5.54 Å². The minimum absolute atomic E-state index is 0.0775. The molecule has 0 atom stereocenters. The molecule has 0 aromatic carbocycles. The van der Waals surface area contributed by atoms with Gasteiger partial charge in [0.25, 0.3) is 5.19 Å². The Morgan fingerprint density at radius 2 is 2.31 bits per heavy atom. The molecule has 13 heavy (non-hydrogen) atoms. The summed E-state index contributed by atoms with van der Waals surface area (Å²) in [4.78, 5) is 4.38. The van der Waals surface area contributed by atoms with Crippen LogP contribution in [-0.4, -0.2) is 18.6 Å². The van der Waals surface area contributed by atoms with E-state index in [1.807, 2.05) is 19.4 Å². The van der Waals surface area contributed by atoms with Crippen molar-refractivity contribution < 1.29 is 4.74 Å². The van der Waals surface area contributed by atoms with Crippen molar-refractivity contribution in [3.05, 3.63) is 11.1 Å². The lowest BCUT2D eigenvalue weighted by atomic mass is 10.0. The van der Waals surface area contributed by atoms with E-state index < -0.39 is 0 Å². The number of thiazole rings is 1. The number of rotatable bonds is 4. The Kier molecular flexibility index (Phi) is 3.27. The van der Waals surface area contributed by atoms with Crippen LogP contribution < -0.4 is 10.1 Å². The van der Waals surface area contributed by atoms with Gasteiger partial charge < -0.3 is 10.1 Å². The molecule has 3 nitrogen and oxygen atoms in total. The van der Waals surface area contributed by atoms with Crippen LogP contribution in [0.15, 0.2) is 5.38 Å². The minimum atomic E-state index is -0.0775. The molecule has 0 amide bonds. The van der Waals surface area contributed by atoms with Crippen LogP contribution in [0.25, 0.3) is 0 Å². The summed E-state index contributed by atoms with van der Waals surface area (Å²) >= 11 is 1.54. The van der Waals surface area contributed by atoms with Crippen LogP contribution in [0.3, 0.4) is 0 Å². The summed E-state index contributed by atoms with van der Waals surface area (Å²) < 4.78 is 5.31. The summed E-state index contributed by atoms with van der Waals surface area (Å²) in [7, 11) is 1.93. The number of ether oxygens (including phenoxy) is 1. The van der Waals surface area contributed by atoms with Crippen LogP contribution in [0.4, 0.5) is 0 Å². The van der Waals surface area contributed by atoms with E-state index in [4.69, 9.17) is 4.74 Å². The summed E-state index contributed by atoms with van der Waals surface area (Å²) in [5, 5.41) is 5.98. The molecule has 1 aromatic rings. The van der Waals surface area contributed by atoms with Crippen molar-refractivity contribution in [2.45, 2.75) is 26.3 Å². The first-order valence-electron chi connectivity index (χ1n) is 4.38. The Balaban J connectivity index is 2.79. The van der Waals surface area contributed by atoms with Crippen molar-refractivity contribution in [1.82, 2.24) is 10.3 Å². The summed E-state index contributed by atoms with van der Waals surface area (Å²) in [6, 6.07) is 0. The third-order valence-electron chi connectivity index (χ3n) is 2.02. The van der Waals surface area contributed by atoms with Crippen LogP contribution in [0.1, 0.15) is 26.5 Å². The number of nitrogens with zero attached hydrogens (tertiary/aromatic N) is 1. The number of hydrogen-bond acceptors (Lipinski definition) is 4. The van der Waals surface area contributed by atoms with E-state index in [9.17, 15) is 0 Å². The molecule has 4 heteroatoms. The molecule has 0 bridgehead atoms. The van der Waals surface area contributed by atoms with Crippen LogP contribution in [0.2, 0.25) is 0 Å². The Morgan fingerprint density at radius 1 is 1.62 bits per heavy atom. The van der Waals surface area contributed by atoms with Crippen molar-refractivity contribution in [2.24, 2.45) is 0 Å². The monoisotopic (exact) mass is 200 g/mol. The van der Waals surface area contributed by atoms with Gasteiger partial charge in [-0.05, 0) is 27.8 Å². The highest BCUT2D eigenvalue weighted by Gasteiger charge is 2.21. The zero-order valence-electron chi connectivity index (χ0n) is 8.55. The molecule has 1 aromatic heterocycles. The lowest BCUT2D eigenvalue weighted by Crippen LogP contribution is -2.33. The van der Waals surface area contributed by atoms with Gasteiger partial charge in [-0.25, -0.2) is 4.98 Å². The molecule has 1 N–H and O–H groups in total. The second-order valence-corrected chi connectivity index (χ2v) is 4.13. The van der Waals surface area contributed by atoms with E-state index in [0.717, 1.165) is 10.9 Å². The molecular weight excluding hydrogens is 184 g/mol. The fraction of sp³-hybridized carbons (Fsp3) is 0.667. The molecular formula is C9H16N2OS. The quantitative estimate of drug-likeness (QED) is 0.807. The van der Waals surface area contributed by atoms with Crippen molar-refractivity contribution in [1.29, 1.82) is 0 Å². The van der Waals surface area contributed by atoms with Crippen molar-refractivity contribution in [2.75, 3.05) is 13.7 Å². The van der Waals surface area contributed by atoms with E-state index in [2.05, 4.69) is 24.1 Å². The van der Waals surface area contributed by atoms with Gasteiger partial charge in [-0.2, -0.15) is 0 Å². The molecule has 0 saturated carbocycles. The van der Waals surface area contributed by atoms with Gasteiger partial charge in [-0.15, -0.1) is 0 Å². The molecule has 1 rings (SSSR count). The van der Waals surface area contributed by atoms with E-state index in [1.54, 1.807) is 11.3 Å². The first-order chi connectivity index (χ1) is 6.10. The number of aromatic nitrogens is 1. The summed E-state index contributed by atoms with van der Waals surface area (Å²) in [5.41, 5.74) is 0.953. The average Bonchev–Trinajstić information content (AvgIpc) is 2.54. The van der Waals surface area contributed by atoms with Crippen molar-refractivity contribution in [3.63, 3.8) is 0 Å². The Hall–Kier alpha value is -0.610. The van der Waals surface area contributed by atoms with Gasteiger partial charge in [0.2, 0.25) is 0 Å². The summed E-state index contributed by atoms with van der Waals surface area (Å²) in [6.07, 6.45) is 0. The standard InChI is InChI=1S/C9H16N2OS/c1-5-12-8-11-7(6-13-8)9(2,3)10-4/h6,10H,5H2,1-4H3. The van der Waals surface area contributed by atoms with Gasteiger partial charge in [-0.1, -0.05) is 11.3 Å². The smallest absolute Gasteiger partial charge is 0.273 e. The fourth-order valence-electron chi connectivity index (χ4n) is 0.862. The summed E-state index contributed by atoms with van der Waals surface area (Å²) in [6.45, 7) is 6.83. The largest absolute Gasteiger partial charge is 0.470 e.